The summed E-state index contributed by atoms with van der Waals surface area (Å²) < 4.78 is 24.2. The van der Waals surface area contributed by atoms with Gasteiger partial charge in [-0.3, -0.25) is 0 Å². The second-order valence-corrected chi connectivity index (χ2v) is 7.83. The fourth-order valence-corrected chi connectivity index (χ4v) is 4.44. The molecule has 18 heavy (non-hydrogen) atoms. The predicted molar refractivity (Wildman–Crippen MR) is 71.2 cm³/mol. The van der Waals surface area contributed by atoms with Gasteiger partial charge in [-0.2, -0.15) is 0 Å². The summed E-state index contributed by atoms with van der Waals surface area (Å²) in [4.78, 5) is 0.472. The van der Waals surface area contributed by atoms with Gasteiger partial charge in [0.25, 0.3) is 0 Å². The molecular weight excluding hydrogens is 246 g/mol. The van der Waals surface area contributed by atoms with Crippen LogP contribution in [0.15, 0.2) is 29.2 Å². The van der Waals surface area contributed by atoms with Crippen molar-refractivity contribution >= 4 is 9.84 Å². The molecular formula is C14H19NO2S. The molecule has 0 aromatic heterocycles. The number of hydrogen-bond donors (Lipinski definition) is 1. The van der Waals surface area contributed by atoms with Crippen molar-refractivity contribution in [1.82, 2.24) is 0 Å². The minimum Gasteiger partial charge on any atom is -0.330 e. The Morgan fingerprint density at radius 3 is 2.17 bits per heavy atom. The highest BCUT2D eigenvalue weighted by Crippen LogP contribution is 2.43. The van der Waals surface area contributed by atoms with E-state index in [-0.39, 0.29) is 10.7 Å². The standard InChI is InChI=1S/C14H19NO2S/c15-10-14(8-1-9-14)11-2-4-12(5-3-11)18(16,17)13-6-7-13/h2-5,13H,1,6-10,15H2. The molecule has 0 saturated heterocycles. The Labute approximate surface area is 108 Å². The molecule has 0 aliphatic heterocycles. The lowest BCUT2D eigenvalue weighted by atomic mass is 9.64. The van der Waals surface area contributed by atoms with Crippen LogP contribution in [0.2, 0.25) is 0 Å². The highest BCUT2D eigenvalue weighted by Gasteiger charge is 2.39. The molecule has 0 radical (unpaired) electrons. The predicted octanol–water partition coefficient (Wildman–Crippen LogP) is 2.00. The summed E-state index contributed by atoms with van der Waals surface area (Å²) in [6, 6.07) is 7.44. The molecule has 2 aliphatic carbocycles. The Kier molecular flexibility index (Phi) is 2.75. The average Bonchev–Trinajstić information content (AvgIpc) is 3.13. The van der Waals surface area contributed by atoms with Crippen LogP contribution in [0.4, 0.5) is 0 Å². The number of rotatable bonds is 4. The van der Waals surface area contributed by atoms with Gasteiger partial charge in [-0.25, -0.2) is 8.42 Å². The molecule has 0 spiro atoms. The van der Waals surface area contributed by atoms with Crippen molar-refractivity contribution in [3.05, 3.63) is 29.8 Å². The summed E-state index contributed by atoms with van der Waals surface area (Å²) >= 11 is 0. The highest BCUT2D eigenvalue weighted by molar-refractivity contribution is 7.92. The topological polar surface area (TPSA) is 60.2 Å². The lowest BCUT2D eigenvalue weighted by molar-refractivity contribution is 0.253. The van der Waals surface area contributed by atoms with Crippen LogP contribution in [-0.2, 0) is 15.3 Å². The first-order valence-electron chi connectivity index (χ1n) is 6.63. The van der Waals surface area contributed by atoms with Gasteiger partial charge in [-0.05, 0) is 43.4 Å². The first-order valence-corrected chi connectivity index (χ1v) is 8.18. The Morgan fingerprint density at radius 1 is 1.17 bits per heavy atom. The van der Waals surface area contributed by atoms with Gasteiger partial charge >= 0.3 is 0 Å². The summed E-state index contributed by atoms with van der Waals surface area (Å²) in [6.45, 7) is 0.654. The quantitative estimate of drug-likeness (QED) is 0.906. The fourth-order valence-electron chi connectivity index (χ4n) is 2.78. The number of hydrogen-bond acceptors (Lipinski definition) is 3. The normalized spacial score (nSPS) is 22.5. The largest absolute Gasteiger partial charge is 0.330 e. The lowest BCUT2D eigenvalue weighted by Gasteiger charge is -2.41. The molecule has 0 atom stereocenters. The third-order valence-corrected chi connectivity index (χ3v) is 6.74. The van der Waals surface area contributed by atoms with Crippen LogP contribution in [-0.4, -0.2) is 20.2 Å². The SMILES string of the molecule is NCC1(c2ccc(S(=O)(=O)C3CC3)cc2)CCC1. The minimum atomic E-state index is -3.05. The molecule has 4 heteroatoms. The van der Waals surface area contributed by atoms with Crippen molar-refractivity contribution in [2.75, 3.05) is 6.54 Å². The van der Waals surface area contributed by atoms with Crippen molar-refractivity contribution in [3.8, 4) is 0 Å². The Balaban J connectivity index is 1.89. The average molecular weight is 265 g/mol. The molecule has 0 bridgehead atoms. The van der Waals surface area contributed by atoms with Crippen molar-refractivity contribution in [1.29, 1.82) is 0 Å². The van der Waals surface area contributed by atoms with E-state index in [0.29, 0.717) is 11.4 Å². The minimum absolute atomic E-state index is 0.113. The maximum absolute atomic E-state index is 12.1. The zero-order valence-corrected chi connectivity index (χ0v) is 11.2. The van der Waals surface area contributed by atoms with E-state index < -0.39 is 9.84 Å². The van der Waals surface area contributed by atoms with Gasteiger partial charge in [0.2, 0.25) is 0 Å². The highest BCUT2D eigenvalue weighted by atomic mass is 32.2. The maximum atomic E-state index is 12.1. The van der Waals surface area contributed by atoms with Crippen LogP contribution in [0.3, 0.4) is 0 Å². The van der Waals surface area contributed by atoms with Gasteiger partial charge < -0.3 is 5.73 Å². The van der Waals surface area contributed by atoms with Crippen LogP contribution >= 0.6 is 0 Å². The molecule has 3 nitrogen and oxygen atoms in total. The van der Waals surface area contributed by atoms with Gasteiger partial charge in [0.15, 0.2) is 9.84 Å². The molecule has 0 heterocycles. The second kappa shape index (κ2) is 4.07. The van der Waals surface area contributed by atoms with Crippen LogP contribution in [0.25, 0.3) is 0 Å². The van der Waals surface area contributed by atoms with E-state index in [0.717, 1.165) is 25.7 Å². The molecule has 2 aliphatic rings. The monoisotopic (exact) mass is 265 g/mol. The van der Waals surface area contributed by atoms with Crippen LogP contribution in [0.5, 0.6) is 0 Å². The smallest absolute Gasteiger partial charge is 0.181 e. The summed E-state index contributed by atoms with van der Waals surface area (Å²) in [5.74, 6) is 0. The van der Waals surface area contributed by atoms with E-state index in [4.69, 9.17) is 5.73 Å². The van der Waals surface area contributed by atoms with E-state index in [9.17, 15) is 8.42 Å². The second-order valence-electron chi connectivity index (χ2n) is 5.61. The van der Waals surface area contributed by atoms with Gasteiger partial charge in [0.05, 0.1) is 10.1 Å². The number of sulfone groups is 1. The van der Waals surface area contributed by atoms with Gasteiger partial charge in [-0.15, -0.1) is 0 Å². The summed E-state index contributed by atoms with van der Waals surface area (Å²) in [5.41, 5.74) is 7.18. The van der Waals surface area contributed by atoms with Gasteiger partial charge in [0.1, 0.15) is 0 Å². The van der Waals surface area contributed by atoms with E-state index in [1.807, 2.05) is 12.1 Å². The summed E-state index contributed by atoms with van der Waals surface area (Å²) in [5, 5.41) is -0.129. The van der Waals surface area contributed by atoms with Crippen LogP contribution < -0.4 is 5.73 Å². The third kappa shape index (κ3) is 1.79. The molecule has 0 amide bonds. The summed E-state index contributed by atoms with van der Waals surface area (Å²) in [7, 11) is -3.05. The number of nitrogens with two attached hydrogens (primary N) is 1. The molecule has 2 N–H and O–H groups in total. The van der Waals surface area contributed by atoms with Gasteiger partial charge in [0, 0.05) is 12.0 Å². The van der Waals surface area contributed by atoms with Crippen molar-refractivity contribution in [3.63, 3.8) is 0 Å². The fraction of sp³-hybridized carbons (Fsp3) is 0.571. The molecule has 0 unspecified atom stereocenters. The third-order valence-electron chi connectivity index (χ3n) is 4.46. The first kappa shape index (κ1) is 12.2. The van der Waals surface area contributed by atoms with Crippen molar-refractivity contribution in [2.45, 2.75) is 47.7 Å². The summed E-state index contributed by atoms with van der Waals surface area (Å²) in [6.07, 6.45) is 5.10. The van der Waals surface area contributed by atoms with E-state index in [2.05, 4.69) is 0 Å². The zero-order valence-electron chi connectivity index (χ0n) is 10.4. The van der Waals surface area contributed by atoms with Crippen LogP contribution in [0, 0.1) is 0 Å². The van der Waals surface area contributed by atoms with Gasteiger partial charge in [-0.1, -0.05) is 18.6 Å². The Bertz CT molecular complexity index is 534. The van der Waals surface area contributed by atoms with E-state index >= 15 is 0 Å². The molecule has 1 aromatic rings. The number of benzene rings is 1. The van der Waals surface area contributed by atoms with Crippen molar-refractivity contribution < 1.29 is 8.42 Å². The molecule has 2 saturated carbocycles. The Hall–Kier alpha value is -0.870. The van der Waals surface area contributed by atoms with E-state index in [1.165, 1.54) is 12.0 Å². The lowest BCUT2D eigenvalue weighted by Crippen LogP contribution is -2.41. The maximum Gasteiger partial charge on any atom is 0.181 e. The van der Waals surface area contributed by atoms with E-state index in [1.54, 1.807) is 12.1 Å². The van der Waals surface area contributed by atoms with Crippen molar-refractivity contribution in [2.24, 2.45) is 5.73 Å². The molecule has 1 aromatic carbocycles. The molecule has 2 fully saturated rings. The Morgan fingerprint density at radius 2 is 1.78 bits per heavy atom. The first-order chi connectivity index (χ1) is 8.58. The van der Waals surface area contributed by atoms with Crippen LogP contribution in [0.1, 0.15) is 37.7 Å². The zero-order chi connectivity index (χ0) is 12.8. The molecule has 98 valence electrons. The molecule has 3 rings (SSSR count).